The van der Waals surface area contributed by atoms with Crippen molar-refractivity contribution in [3.8, 4) is 0 Å². The fraction of sp³-hybridized carbons (Fsp3) is 0.471. The lowest BCUT2D eigenvalue weighted by atomic mass is 10.2. The minimum atomic E-state index is -0.0433. The van der Waals surface area contributed by atoms with Gasteiger partial charge in [0.05, 0.1) is 25.2 Å². The fourth-order valence-corrected chi connectivity index (χ4v) is 3.37. The standard InChI is InChI=1S/C17H22N2O3S/c20-17(18-11-15-3-1-8-22-15)19(12-14-6-9-21-13-14)7-5-16-4-2-10-23-16/h2,4,6,9-10,13,15H,1,3,5,7-8,11-12H2,(H,18,20)/t15-/m1/s1. The highest BCUT2D eigenvalue weighted by atomic mass is 32.1. The predicted octanol–water partition coefficient (Wildman–Crippen LogP) is 3.27. The molecule has 2 amide bonds. The monoisotopic (exact) mass is 334 g/mol. The summed E-state index contributed by atoms with van der Waals surface area (Å²) in [5.74, 6) is 0. The zero-order valence-corrected chi connectivity index (χ0v) is 13.9. The van der Waals surface area contributed by atoms with E-state index in [-0.39, 0.29) is 12.1 Å². The maximum atomic E-state index is 12.5. The van der Waals surface area contributed by atoms with E-state index >= 15 is 0 Å². The van der Waals surface area contributed by atoms with Gasteiger partial charge in [0.25, 0.3) is 0 Å². The number of thiophene rings is 1. The summed E-state index contributed by atoms with van der Waals surface area (Å²) in [7, 11) is 0. The number of carbonyl (C=O) groups is 1. The largest absolute Gasteiger partial charge is 0.472 e. The van der Waals surface area contributed by atoms with Gasteiger partial charge in [0.2, 0.25) is 0 Å². The number of furan rings is 1. The number of nitrogens with zero attached hydrogens (tertiary/aromatic N) is 1. The third-order valence-electron chi connectivity index (χ3n) is 3.95. The van der Waals surface area contributed by atoms with Gasteiger partial charge in [-0.2, -0.15) is 0 Å². The van der Waals surface area contributed by atoms with Gasteiger partial charge in [-0.3, -0.25) is 0 Å². The minimum absolute atomic E-state index is 0.0433. The van der Waals surface area contributed by atoms with Gasteiger partial charge in [-0.25, -0.2) is 4.79 Å². The van der Waals surface area contributed by atoms with Crippen LogP contribution in [0.4, 0.5) is 4.79 Å². The summed E-state index contributed by atoms with van der Waals surface area (Å²) in [6.45, 7) is 2.62. The van der Waals surface area contributed by atoms with Crippen LogP contribution in [-0.2, 0) is 17.7 Å². The Labute approximate surface area is 140 Å². The van der Waals surface area contributed by atoms with Crippen molar-refractivity contribution in [1.29, 1.82) is 0 Å². The van der Waals surface area contributed by atoms with Gasteiger partial charge in [0.1, 0.15) is 0 Å². The highest BCUT2D eigenvalue weighted by Crippen LogP contribution is 2.13. The number of nitrogens with one attached hydrogen (secondary N) is 1. The highest BCUT2D eigenvalue weighted by molar-refractivity contribution is 7.09. The Morgan fingerprint density at radius 1 is 1.43 bits per heavy atom. The molecule has 0 aromatic carbocycles. The molecule has 0 aliphatic carbocycles. The first-order chi connectivity index (χ1) is 11.3. The molecule has 0 unspecified atom stereocenters. The van der Waals surface area contributed by atoms with Crippen LogP contribution in [0.15, 0.2) is 40.5 Å². The highest BCUT2D eigenvalue weighted by Gasteiger charge is 2.19. The third kappa shape index (κ3) is 4.84. The van der Waals surface area contributed by atoms with Gasteiger partial charge in [0, 0.05) is 30.1 Å². The Balaban J connectivity index is 1.55. The van der Waals surface area contributed by atoms with E-state index in [0.29, 0.717) is 19.6 Å². The molecular formula is C17H22N2O3S. The average molecular weight is 334 g/mol. The van der Waals surface area contributed by atoms with Crippen LogP contribution in [0.25, 0.3) is 0 Å². The molecule has 1 saturated heterocycles. The summed E-state index contributed by atoms with van der Waals surface area (Å²) < 4.78 is 10.7. The second-order valence-electron chi connectivity index (χ2n) is 5.70. The second-order valence-corrected chi connectivity index (χ2v) is 6.74. The second kappa shape index (κ2) is 8.17. The van der Waals surface area contributed by atoms with Crippen molar-refractivity contribution >= 4 is 17.4 Å². The summed E-state index contributed by atoms with van der Waals surface area (Å²) in [6, 6.07) is 5.99. The van der Waals surface area contributed by atoms with E-state index in [1.807, 2.05) is 17.0 Å². The first-order valence-corrected chi connectivity index (χ1v) is 8.87. The van der Waals surface area contributed by atoms with Crippen molar-refractivity contribution in [2.24, 2.45) is 0 Å². The van der Waals surface area contributed by atoms with E-state index in [2.05, 4.69) is 16.8 Å². The van der Waals surface area contributed by atoms with Crippen LogP contribution in [-0.4, -0.2) is 36.7 Å². The van der Waals surface area contributed by atoms with Gasteiger partial charge in [-0.05, 0) is 36.8 Å². The summed E-state index contributed by atoms with van der Waals surface area (Å²) in [5, 5.41) is 5.06. The van der Waals surface area contributed by atoms with E-state index in [9.17, 15) is 4.79 Å². The topological polar surface area (TPSA) is 54.7 Å². The maximum Gasteiger partial charge on any atom is 0.317 e. The van der Waals surface area contributed by atoms with E-state index in [4.69, 9.17) is 9.15 Å². The number of ether oxygens (including phenoxy) is 1. The number of hydrogen-bond donors (Lipinski definition) is 1. The molecule has 1 aliphatic heterocycles. The van der Waals surface area contributed by atoms with Crippen molar-refractivity contribution in [3.63, 3.8) is 0 Å². The Kier molecular flexibility index (Phi) is 5.71. The quantitative estimate of drug-likeness (QED) is 0.845. The van der Waals surface area contributed by atoms with Crippen molar-refractivity contribution in [1.82, 2.24) is 10.2 Å². The average Bonchev–Trinajstić information content (AvgIpc) is 3.32. The lowest BCUT2D eigenvalue weighted by Gasteiger charge is -2.23. The van der Waals surface area contributed by atoms with Crippen molar-refractivity contribution < 1.29 is 13.9 Å². The third-order valence-corrected chi connectivity index (χ3v) is 4.89. The summed E-state index contributed by atoms with van der Waals surface area (Å²) in [6.07, 6.45) is 6.45. The molecule has 0 saturated carbocycles. The van der Waals surface area contributed by atoms with Crippen LogP contribution >= 0.6 is 11.3 Å². The molecule has 2 aromatic rings. The van der Waals surface area contributed by atoms with Crippen molar-refractivity contribution in [2.75, 3.05) is 19.7 Å². The molecule has 0 bridgehead atoms. The van der Waals surface area contributed by atoms with Crippen molar-refractivity contribution in [3.05, 3.63) is 46.5 Å². The summed E-state index contributed by atoms with van der Waals surface area (Å²) in [5.41, 5.74) is 1.00. The molecule has 3 rings (SSSR count). The minimum Gasteiger partial charge on any atom is -0.472 e. The van der Waals surface area contributed by atoms with Crippen molar-refractivity contribution in [2.45, 2.75) is 31.9 Å². The molecule has 1 atom stereocenters. The van der Waals surface area contributed by atoms with E-state index in [1.165, 1.54) is 4.88 Å². The van der Waals surface area contributed by atoms with Crippen LogP contribution in [0.3, 0.4) is 0 Å². The molecule has 1 N–H and O–H groups in total. The molecule has 1 aliphatic rings. The van der Waals surface area contributed by atoms with Crippen LogP contribution in [0, 0.1) is 0 Å². The molecular weight excluding hydrogens is 312 g/mol. The molecule has 3 heterocycles. The molecule has 6 heteroatoms. The van der Waals surface area contributed by atoms with Gasteiger partial charge in [-0.15, -0.1) is 11.3 Å². The van der Waals surface area contributed by atoms with Gasteiger partial charge in [-0.1, -0.05) is 6.07 Å². The van der Waals surface area contributed by atoms with Crippen LogP contribution < -0.4 is 5.32 Å². The fourth-order valence-electron chi connectivity index (χ4n) is 2.67. The van der Waals surface area contributed by atoms with Crippen LogP contribution in [0.5, 0.6) is 0 Å². The summed E-state index contributed by atoms with van der Waals surface area (Å²) >= 11 is 1.72. The molecule has 5 nitrogen and oxygen atoms in total. The Morgan fingerprint density at radius 3 is 3.09 bits per heavy atom. The summed E-state index contributed by atoms with van der Waals surface area (Å²) in [4.78, 5) is 15.6. The van der Waals surface area contributed by atoms with Crippen LogP contribution in [0.1, 0.15) is 23.3 Å². The van der Waals surface area contributed by atoms with E-state index < -0.39 is 0 Å². The number of hydrogen-bond acceptors (Lipinski definition) is 4. The Bertz CT molecular complexity index is 577. The normalized spacial score (nSPS) is 17.3. The van der Waals surface area contributed by atoms with Gasteiger partial charge < -0.3 is 19.4 Å². The van der Waals surface area contributed by atoms with Gasteiger partial charge >= 0.3 is 6.03 Å². The van der Waals surface area contributed by atoms with E-state index in [0.717, 1.165) is 31.4 Å². The Morgan fingerprint density at radius 2 is 2.39 bits per heavy atom. The first-order valence-electron chi connectivity index (χ1n) is 7.99. The SMILES string of the molecule is O=C(NC[C@H]1CCCO1)N(CCc1cccs1)Cc1ccoc1. The predicted molar refractivity (Wildman–Crippen MR) is 89.5 cm³/mol. The molecule has 0 radical (unpaired) electrons. The smallest absolute Gasteiger partial charge is 0.317 e. The molecule has 2 aromatic heterocycles. The zero-order chi connectivity index (χ0) is 15.9. The molecule has 1 fully saturated rings. The zero-order valence-electron chi connectivity index (χ0n) is 13.1. The maximum absolute atomic E-state index is 12.5. The number of amides is 2. The van der Waals surface area contributed by atoms with E-state index in [1.54, 1.807) is 23.9 Å². The first kappa shape index (κ1) is 16.1. The molecule has 124 valence electrons. The number of carbonyl (C=O) groups excluding carboxylic acids is 1. The number of rotatable bonds is 7. The molecule has 0 spiro atoms. The number of urea groups is 1. The van der Waals surface area contributed by atoms with Crippen LogP contribution in [0.2, 0.25) is 0 Å². The Hall–Kier alpha value is -1.79. The molecule has 23 heavy (non-hydrogen) atoms. The lowest BCUT2D eigenvalue weighted by Crippen LogP contribution is -2.43. The lowest BCUT2D eigenvalue weighted by molar-refractivity contribution is 0.108. The van der Waals surface area contributed by atoms with Gasteiger partial charge in [0.15, 0.2) is 0 Å².